The summed E-state index contributed by atoms with van der Waals surface area (Å²) in [6, 6.07) is 0.710. The lowest BCUT2D eigenvalue weighted by Gasteiger charge is -2.27. The number of rotatable bonds is 4. The molecule has 1 saturated carbocycles. The van der Waals surface area contributed by atoms with Gasteiger partial charge in [-0.3, -0.25) is 0 Å². The lowest BCUT2D eigenvalue weighted by Crippen LogP contribution is -2.38. The summed E-state index contributed by atoms with van der Waals surface area (Å²) in [7, 11) is 0. The Hall–Kier alpha value is -0.410. The molecule has 0 aromatic carbocycles. The lowest BCUT2D eigenvalue weighted by molar-refractivity contribution is 0.285. The number of aromatic nitrogens is 1. The largest absolute Gasteiger partial charge is 0.313 e. The third kappa shape index (κ3) is 2.83. The maximum absolute atomic E-state index is 4.29. The summed E-state index contributed by atoms with van der Waals surface area (Å²) >= 11 is 1.82. The molecule has 1 aromatic rings. The Kier molecular flexibility index (Phi) is 3.65. The summed E-state index contributed by atoms with van der Waals surface area (Å²) in [5, 5.41) is 4.89. The molecule has 0 bridgehead atoms. The van der Waals surface area contributed by atoms with Crippen molar-refractivity contribution in [1.29, 1.82) is 0 Å². The zero-order valence-corrected chi connectivity index (χ0v) is 11.4. The van der Waals surface area contributed by atoms with E-state index in [0.29, 0.717) is 11.5 Å². The SMILES string of the molecule is Cc1ncc(CCNC2CCCC2(C)C)s1. The van der Waals surface area contributed by atoms with E-state index in [1.165, 1.54) is 29.1 Å². The highest BCUT2D eigenvalue weighted by molar-refractivity contribution is 7.11. The van der Waals surface area contributed by atoms with Gasteiger partial charge in [-0.25, -0.2) is 4.98 Å². The van der Waals surface area contributed by atoms with E-state index in [2.05, 4.69) is 31.1 Å². The average Bonchev–Trinajstić information content (AvgIpc) is 2.74. The van der Waals surface area contributed by atoms with Gasteiger partial charge in [-0.15, -0.1) is 11.3 Å². The summed E-state index contributed by atoms with van der Waals surface area (Å²) in [6.07, 6.45) is 7.23. The Morgan fingerprint density at radius 3 is 2.94 bits per heavy atom. The Balaban J connectivity index is 1.76. The van der Waals surface area contributed by atoms with E-state index < -0.39 is 0 Å². The second-order valence-electron chi connectivity index (χ2n) is 5.48. The van der Waals surface area contributed by atoms with E-state index in [1.54, 1.807) is 0 Å². The molecular formula is C13H22N2S. The molecule has 1 heterocycles. The molecule has 1 aliphatic carbocycles. The van der Waals surface area contributed by atoms with E-state index >= 15 is 0 Å². The molecule has 1 aliphatic rings. The third-order valence-electron chi connectivity index (χ3n) is 3.69. The topological polar surface area (TPSA) is 24.9 Å². The van der Waals surface area contributed by atoms with Crippen molar-refractivity contribution in [3.8, 4) is 0 Å². The third-order valence-corrected chi connectivity index (χ3v) is 4.66. The van der Waals surface area contributed by atoms with Gasteiger partial charge < -0.3 is 5.32 Å². The van der Waals surface area contributed by atoms with Crippen molar-refractivity contribution in [3.63, 3.8) is 0 Å². The molecule has 3 heteroatoms. The molecule has 1 N–H and O–H groups in total. The van der Waals surface area contributed by atoms with Gasteiger partial charge in [0.25, 0.3) is 0 Å². The van der Waals surface area contributed by atoms with Crippen LogP contribution in [0.1, 0.15) is 43.0 Å². The number of thiazole rings is 1. The van der Waals surface area contributed by atoms with Crippen LogP contribution >= 0.6 is 11.3 Å². The minimum absolute atomic E-state index is 0.490. The van der Waals surface area contributed by atoms with Crippen LogP contribution in [-0.4, -0.2) is 17.6 Å². The monoisotopic (exact) mass is 238 g/mol. The van der Waals surface area contributed by atoms with Crippen molar-refractivity contribution in [2.75, 3.05) is 6.54 Å². The van der Waals surface area contributed by atoms with Crippen LogP contribution in [0, 0.1) is 12.3 Å². The van der Waals surface area contributed by atoms with E-state index in [-0.39, 0.29) is 0 Å². The number of nitrogens with zero attached hydrogens (tertiary/aromatic N) is 1. The first-order valence-corrected chi connectivity index (χ1v) is 7.04. The highest BCUT2D eigenvalue weighted by atomic mass is 32.1. The van der Waals surface area contributed by atoms with Gasteiger partial charge in [-0.2, -0.15) is 0 Å². The molecule has 0 saturated heterocycles. The molecule has 2 nitrogen and oxygen atoms in total. The van der Waals surface area contributed by atoms with Crippen molar-refractivity contribution in [1.82, 2.24) is 10.3 Å². The van der Waals surface area contributed by atoms with Crippen LogP contribution in [0.5, 0.6) is 0 Å². The fourth-order valence-electron chi connectivity index (χ4n) is 2.60. The molecule has 1 fully saturated rings. The standard InChI is InChI=1S/C13H22N2S/c1-10-15-9-11(16-10)6-8-14-12-5-4-7-13(12,2)3/h9,12,14H,4-8H2,1-3H3. The van der Waals surface area contributed by atoms with Crippen molar-refractivity contribution in [2.24, 2.45) is 5.41 Å². The first-order valence-electron chi connectivity index (χ1n) is 6.22. The van der Waals surface area contributed by atoms with Gasteiger partial charge in [0, 0.05) is 23.7 Å². The van der Waals surface area contributed by atoms with Crippen LogP contribution in [0.15, 0.2) is 6.20 Å². The van der Waals surface area contributed by atoms with Gasteiger partial charge >= 0.3 is 0 Å². The predicted molar refractivity (Wildman–Crippen MR) is 70.0 cm³/mol. The minimum Gasteiger partial charge on any atom is -0.313 e. The van der Waals surface area contributed by atoms with Crippen molar-refractivity contribution in [3.05, 3.63) is 16.1 Å². The Morgan fingerprint density at radius 2 is 2.38 bits per heavy atom. The van der Waals surface area contributed by atoms with Crippen LogP contribution < -0.4 is 5.32 Å². The van der Waals surface area contributed by atoms with Crippen LogP contribution in [0.4, 0.5) is 0 Å². The molecule has 2 rings (SSSR count). The van der Waals surface area contributed by atoms with Gasteiger partial charge in [-0.1, -0.05) is 20.3 Å². The van der Waals surface area contributed by atoms with Crippen LogP contribution in [0.2, 0.25) is 0 Å². The first kappa shape index (κ1) is 12.1. The second-order valence-corrected chi connectivity index (χ2v) is 6.80. The van der Waals surface area contributed by atoms with Gasteiger partial charge in [0.05, 0.1) is 5.01 Å². The zero-order valence-electron chi connectivity index (χ0n) is 10.5. The van der Waals surface area contributed by atoms with Crippen LogP contribution in [0.3, 0.4) is 0 Å². The molecular weight excluding hydrogens is 216 g/mol. The zero-order chi connectivity index (χ0) is 11.6. The number of hydrogen-bond donors (Lipinski definition) is 1. The molecule has 1 atom stereocenters. The molecule has 0 spiro atoms. The fraction of sp³-hybridized carbons (Fsp3) is 0.769. The highest BCUT2D eigenvalue weighted by Gasteiger charge is 2.33. The second kappa shape index (κ2) is 4.84. The Bertz CT molecular complexity index is 343. The molecule has 1 unspecified atom stereocenters. The van der Waals surface area contributed by atoms with Gasteiger partial charge in [-0.05, 0) is 31.6 Å². The van der Waals surface area contributed by atoms with Gasteiger partial charge in [0.1, 0.15) is 0 Å². The number of hydrogen-bond acceptors (Lipinski definition) is 3. The van der Waals surface area contributed by atoms with Crippen LogP contribution in [0.25, 0.3) is 0 Å². The Labute approximate surface area is 102 Å². The van der Waals surface area contributed by atoms with E-state index in [4.69, 9.17) is 0 Å². The van der Waals surface area contributed by atoms with Crippen molar-refractivity contribution < 1.29 is 0 Å². The van der Waals surface area contributed by atoms with Gasteiger partial charge in [0.15, 0.2) is 0 Å². The maximum atomic E-state index is 4.29. The van der Waals surface area contributed by atoms with Gasteiger partial charge in [0.2, 0.25) is 0 Å². The smallest absolute Gasteiger partial charge is 0.0896 e. The van der Waals surface area contributed by atoms with Crippen molar-refractivity contribution in [2.45, 2.75) is 52.5 Å². The van der Waals surface area contributed by atoms with E-state index in [1.807, 2.05) is 17.5 Å². The molecule has 0 aliphatic heterocycles. The summed E-state index contributed by atoms with van der Waals surface area (Å²) < 4.78 is 0. The number of nitrogens with one attached hydrogen (secondary N) is 1. The van der Waals surface area contributed by atoms with Crippen LogP contribution in [-0.2, 0) is 6.42 Å². The fourth-order valence-corrected chi connectivity index (χ4v) is 3.39. The highest BCUT2D eigenvalue weighted by Crippen LogP contribution is 2.37. The molecule has 0 radical (unpaired) electrons. The quantitative estimate of drug-likeness (QED) is 0.871. The minimum atomic E-state index is 0.490. The predicted octanol–water partition coefficient (Wildman–Crippen LogP) is 3.16. The molecule has 1 aromatic heterocycles. The molecule has 90 valence electrons. The summed E-state index contributed by atoms with van der Waals surface area (Å²) in [5.41, 5.74) is 0.490. The maximum Gasteiger partial charge on any atom is 0.0896 e. The molecule has 16 heavy (non-hydrogen) atoms. The average molecular weight is 238 g/mol. The summed E-state index contributed by atoms with van der Waals surface area (Å²) in [5.74, 6) is 0. The van der Waals surface area contributed by atoms with Crippen molar-refractivity contribution >= 4 is 11.3 Å². The number of aryl methyl sites for hydroxylation is 1. The summed E-state index contributed by atoms with van der Waals surface area (Å²) in [6.45, 7) is 7.93. The van der Waals surface area contributed by atoms with E-state index in [0.717, 1.165) is 13.0 Å². The Morgan fingerprint density at radius 1 is 1.56 bits per heavy atom. The normalized spacial score (nSPS) is 23.8. The first-order chi connectivity index (χ1) is 7.58. The lowest BCUT2D eigenvalue weighted by atomic mass is 9.87. The molecule has 0 amide bonds. The van der Waals surface area contributed by atoms with E-state index in [9.17, 15) is 0 Å². The summed E-state index contributed by atoms with van der Waals surface area (Å²) in [4.78, 5) is 5.69.